The number of hydrogen-bond acceptors (Lipinski definition) is 4. The first-order valence-corrected chi connectivity index (χ1v) is 8.00. The Bertz CT molecular complexity index is 821. The number of thioether (sulfide) groups is 1. The molecule has 3 aromatic rings. The molecule has 0 radical (unpaired) electrons. The van der Waals surface area contributed by atoms with Crippen molar-refractivity contribution in [3.63, 3.8) is 0 Å². The summed E-state index contributed by atoms with van der Waals surface area (Å²) in [4.78, 5) is 12.1. The SMILES string of the molecule is O=C(Nc1ccc2oc3ccccc3c2c1)C1CSCN1. The van der Waals surface area contributed by atoms with Crippen LogP contribution in [0.3, 0.4) is 0 Å². The van der Waals surface area contributed by atoms with Crippen molar-refractivity contribution < 1.29 is 9.21 Å². The van der Waals surface area contributed by atoms with Gasteiger partial charge in [0.2, 0.25) is 5.91 Å². The summed E-state index contributed by atoms with van der Waals surface area (Å²) in [6.07, 6.45) is 0. The molecule has 21 heavy (non-hydrogen) atoms. The van der Waals surface area contributed by atoms with Crippen LogP contribution in [0.2, 0.25) is 0 Å². The van der Waals surface area contributed by atoms with E-state index >= 15 is 0 Å². The Labute approximate surface area is 125 Å². The largest absolute Gasteiger partial charge is 0.456 e. The number of carbonyl (C=O) groups excluding carboxylic acids is 1. The molecular formula is C16H14N2O2S. The Morgan fingerprint density at radius 3 is 2.90 bits per heavy atom. The van der Waals surface area contributed by atoms with E-state index in [9.17, 15) is 4.79 Å². The monoisotopic (exact) mass is 298 g/mol. The van der Waals surface area contributed by atoms with Gasteiger partial charge in [-0.1, -0.05) is 18.2 Å². The predicted molar refractivity (Wildman–Crippen MR) is 86.6 cm³/mol. The van der Waals surface area contributed by atoms with Crippen LogP contribution in [0.4, 0.5) is 5.69 Å². The molecule has 2 aromatic carbocycles. The summed E-state index contributed by atoms with van der Waals surface area (Å²) in [5.74, 6) is 1.68. The van der Waals surface area contributed by atoms with Crippen LogP contribution in [0.15, 0.2) is 46.9 Å². The van der Waals surface area contributed by atoms with Crippen LogP contribution in [-0.4, -0.2) is 23.6 Å². The molecule has 1 aliphatic rings. The lowest BCUT2D eigenvalue weighted by molar-refractivity contribution is -0.117. The van der Waals surface area contributed by atoms with Gasteiger partial charge < -0.3 is 9.73 Å². The second-order valence-corrected chi connectivity index (χ2v) is 6.10. The fraction of sp³-hybridized carbons (Fsp3) is 0.188. The number of anilines is 1. The van der Waals surface area contributed by atoms with Crippen molar-refractivity contribution in [3.8, 4) is 0 Å². The van der Waals surface area contributed by atoms with Gasteiger partial charge in [-0.25, -0.2) is 0 Å². The van der Waals surface area contributed by atoms with E-state index in [1.807, 2.05) is 42.5 Å². The van der Waals surface area contributed by atoms with Crippen molar-refractivity contribution in [2.24, 2.45) is 0 Å². The van der Waals surface area contributed by atoms with Crippen LogP contribution < -0.4 is 10.6 Å². The molecule has 106 valence electrons. The highest BCUT2D eigenvalue weighted by molar-refractivity contribution is 7.99. The van der Waals surface area contributed by atoms with E-state index in [0.717, 1.165) is 39.3 Å². The van der Waals surface area contributed by atoms with Gasteiger partial charge in [0.05, 0.1) is 6.04 Å². The minimum absolute atomic E-state index is 0.0205. The second-order valence-electron chi connectivity index (χ2n) is 5.07. The lowest BCUT2D eigenvalue weighted by Crippen LogP contribution is -2.37. The fourth-order valence-corrected chi connectivity index (χ4v) is 3.54. The van der Waals surface area contributed by atoms with Gasteiger partial charge in [-0.3, -0.25) is 10.1 Å². The Balaban J connectivity index is 1.69. The van der Waals surface area contributed by atoms with Crippen LogP contribution in [0.1, 0.15) is 0 Å². The summed E-state index contributed by atoms with van der Waals surface area (Å²) < 4.78 is 5.78. The van der Waals surface area contributed by atoms with Crippen LogP contribution in [-0.2, 0) is 4.79 Å². The molecule has 5 heteroatoms. The summed E-state index contributed by atoms with van der Waals surface area (Å²) in [6, 6.07) is 13.6. The van der Waals surface area contributed by atoms with Gasteiger partial charge in [-0.15, -0.1) is 11.8 Å². The third-order valence-electron chi connectivity index (χ3n) is 3.68. The first-order chi connectivity index (χ1) is 10.3. The molecule has 1 aliphatic heterocycles. The van der Waals surface area contributed by atoms with Crippen molar-refractivity contribution in [2.45, 2.75) is 6.04 Å². The molecule has 1 unspecified atom stereocenters. The molecule has 1 fully saturated rings. The Morgan fingerprint density at radius 2 is 2.05 bits per heavy atom. The molecule has 1 saturated heterocycles. The number of hydrogen-bond donors (Lipinski definition) is 2. The highest BCUT2D eigenvalue weighted by atomic mass is 32.2. The van der Waals surface area contributed by atoms with Gasteiger partial charge >= 0.3 is 0 Å². The quantitative estimate of drug-likeness (QED) is 0.763. The molecule has 1 atom stereocenters. The van der Waals surface area contributed by atoms with Gasteiger partial charge in [0, 0.05) is 28.1 Å². The predicted octanol–water partition coefficient (Wildman–Crippen LogP) is 3.19. The van der Waals surface area contributed by atoms with E-state index < -0.39 is 0 Å². The van der Waals surface area contributed by atoms with Gasteiger partial charge in [-0.2, -0.15) is 0 Å². The van der Waals surface area contributed by atoms with E-state index in [4.69, 9.17) is 4.42 Å². The lowest BCUT2D eigenvalue weighted by atomic mass is 10.1. The maximum Gasteiger partial charge on any atom is 0.242 e. The van der Waals surface area contributed by atoms with E-state index in [1.54, 1.807) is 11.8 Å². The minimum Gasteiger partial charge on any atom is -0.456 e. The molecule has 2 N–H and O–H groups in total. The van der Waals surface area contributed by atoms with E-state index in [0.29, 0.717) is 0 Å². The van der Waals surface area contributed by atoms with Crippen LogP contribution in [0, 0.1) is 0 Å². The summed E-state index contributed by atoms with van der Waals surface area (Å²) in [7, 11) is 0. The molecule has 0 saturated carbocycles. The number of carbonyl (C=O) groups is 1. The number of para-hydroxylation sites is 1. The zero-order chi connectivity index (χ0) is 14.2. The molecule has 0 spiro atoms. The lowest BCUT2D eigenvalue weighted by Gasteiger charge is -2.10. The number of furan rings is 1. The minimum atomic E-state index is -0.105. The van der Waals surface area contributed by atoms with Gasteiger partial charge in [0.15, 0.2) is 0 Å². The van der Waals surface area contributed by atoms with Gasteiger partial charge in [0.1, 0.15) is 11.2 Å². The highest BCUT2D eigenvalue weighted by Gasteiger charge is 2.22. The zero-order valence-electron chi connectivity index (χ0n) is 11.3. The number of benzene rings is 2. The van der Waals surface area contributed by atoms with Gasteiger partial charge in [-0.05, 0) is 24.3 Å². The van der Waals surface area contributed by atoms with Crippen molar-refractivity contribution in [2.75, 3.05) is 16.9 Å². The number of fused-ring (bicyclic) bond motifs is 3. The first-order valence-electron chi connectivity index (χ1n) is 6.84. The van der Waals surface area contributed by atoms with Crippen LogP contribution in [0.5, 0.6) is 0 Å². The number of nitrogens with one attached hydrogen (secondary N) is 2. The molecule has 0 aliphatic carbocycles. The molecular weight excluding hydrogens is 284 g/mol. The fourth-order valence-electron chi connectivity index (χ4n) is 2.60. The number of rotatable bonds is 2. The molecule has 4 rings (SSSR count). The third kappa shape index (κ3) is 2.28. The van der Waals surface area contributed by atoms with E-state index in [2.05, 4.69) is 10.6 Å². The van der Waals surface area contributed by atoms with Crippen LogP contribution >= 0.6 is 11.8 Å². The molecule has 1 amide bonds. The molecule has 4 nitrogen and oxygen atoms in total. The standard InChI is InChI=1S/C16H14N2O2S/c19-16(13-8-21-9-17-13)18-10-5-6-15-12(7-10)11-3-1-2-4-14(11)20-15/h1-7,13,17H,8-9H2,(H,18,19). The summed E-state index contributed by atoms with van der Waals surface area (Å²) >= 11 is 1.74. The summed E-state index contributed by atoms with van der Waals surface area (Å²) in [5.41, 5.74) is 2.51. The molecule has 1 aromatic heterocycles. The van der Waals surface area contributed by atoms with Crippen LogP contribution in [0.25, 0.3) is 21.9 Å². The average molecular weight is 298 g/mol. The van der Waals surface area contributed by atoms with E-state index in [1.165, 1.54) is 0 Å². The maximum atomic E-state index is 12.1. The third-order valence-corrected chi connectivity index (χ3v) is 4.62. The Hall–Kier alpha value is -1.98. The summed E-state index contributed by atoms with van der Waals surface area (Å²) in [5, 5.41) is 8.24. The average Bonchev–Trinajstić information content (AvgIpc) is 3.14. The Morgan fingerprint density at radius 1 is 1.19 bits per heavy atom. The smallest absolute Gasteiger partial charge is 0.242 e. The van der Waals surface area contributed by atoms with E-state index in [-0.39, 0.29) is 11.9 Å². The van der Waals surface area contributed by atoms with Crippen molar-refractivity contribution >= 4 is 45.3 Å². The second kappa shape index (κ2) is 5.09. The maximum absolute atomic E-state index is 12.1. The normalized spacial score (nSPS) is 18.4. The van der Waals surface area contributed by atoms with Crippen molar-refractivity contribution in [1.82, 2.24) is 5.32 Å². The number of amides is 1. The molecule has 2 heterocycles. The molecule has 0 bridgehead atoms. The zero-order valence-corrected chi connectivity index (χ0v) is 12.1. The summed E-state index contributed by atoms with van der Waals surface area (Å²) in [6.45, 7) is 0. The van der Waals surface area contributed by atoms with Gasteiger partial charge in [0.25, 0.3) is 0 Å². The highest BCUT2D eigenvalue weighted by Crippen LogP contribution is 2.30. The van der Waals surface area contributed by atoms with Crippen molar-refractivity contribution in [3.05, 3.63) is 42.5 Å². The topological polar surface area (TPSA) is 54.3 Å². The Kier molecular flexibility index (Phi) is 3.09. The first kappa shape index (κ1) is 12.7. The van der Waals surface area contributed by atoms with Crippen molar-refractivity contribution in [1.29, 1.82) is 0 Å².